The zero-order chi connectivity index (χ0) is 30.9. The van der Waals surface area contributed by atoms with E-state index < -0.39 is 0 Å². The standard InChI is InChI=1S/C46H54O/c1-2-12-30-25-34(24-23-29(30)11-1)31-15-9-16-35(26-31)44-36-17-5-7-19-38(36)45(39-20-8-6-18-37(39)44)41-22-10-21-40-42-27-32-13-3-4-14-33(32)28-43(42)47-46(40)41/h2-4,9,12-16,24-27,29,33,36-41,44-46H,1,5-8,10-11,17-23,28H2. The summed E-state index contributed by atoms with van der Waals surface area (Å²) in [5.41, 5.74) is 9.32. The first-order chi connectivity index (χ1) is 23.3. The predicted octanol–water partition coefficient (Wildman–Crippen LogP) is 11.8. The molecule has 0 radical (unpaired) electrons. The van der Waals surface area contributed by atoms with Crippen molar-refractivity contribution in [3.05, 3.63) is 113 Å². The molecule has 1 aromatic rings. The minimum atomic E-state index is 0.428. The molecular formula is C46H54O. The topological polar surface area (TPSA) is 9.23 Å². The van der Waals surface area contributed by atoms with E-state index in [1.54, 1.807) is 16.7 Å². The van der Waals surface area contributed by atoms with Gasteiger partial charge in [0.15, 0.2) is 0 Å². The summed E-state index contributed by atoms with van der Waals surface area (Å²) in [6.07, 6.45) is 42.7. The lowest BCUT2D eigenvalue weighted by Gasteiger charge is -2.59. The first kappa shape index (κ1) is 29.1. The summed E-state index contributed by atoms with van der Waals surface area (Å²) >= 11 is 0. The number of hydrogen-bond donors (Lipinski definition) is 0. The van der Waals surface area contributed by atoms with E-state index in [1.807, 2.05) is 0 Å². The SMILES string of the molecule is C1=CC2=CC3=C(CC2C=C1)OC1C3CCCC1C1C2CCCCC2C(c2cccc(C3=CCC4CCC=CC4=C3)c2)C2CCCCC21. The van der Waals surface area contributed by atoms with Crippen molar-refractivity contribution in [1.29, 1.82) is 0 Å². The molecule has 9 unspecified atom stereocenters. The van der Waals surface area contributed by atoms with Gasteiger partial charge in [-0.25, -0.2) is 0 Å². The average Bonchev–Trinajstić information content (AvgIpc) is 3.50. The molecule has 0 spiro atoms. The fourth-order valence-electron chi connectivity index (χ4n) is 13.1. The molecule has 0 saturated heterocycles. The van der Waals surface area contributed by atoms with Crippen molar-refractivity contribution in [3.63, 3.8) is 0 Å². The van der Waals surface area contributed by atoms with Crippen molar-refractivity contribution in [2.75, 3.05) is 0 Å². The molecule has 4 saturated carbocycles. The van der Waals surface area contributed by atoms with Crippen LogP contribution in [0.3, 0.4) is 0 Å². The largest absolute Gasteiger partial charge is 0.494 e. The summed E-state index contributed by atoms with van der Waals surface area (Å²) in [4.78, 5) is 0. The molecule has 9 aliphatic rings. The molecule has 1 aliphatic heterocycles. The summed E-state index contributed by atoms with van der Waals surface area (Å²) in [6.45, 7) is 0. The van der Waals surface area contributed by atoms with Gasteiger partial charge in [0.05, 0.1) is 0 Å². The van der Waals surface area contributed by atoms with E-state index in [0.29, 0.717) is 17.9 Å². The molecule has 8 aliphatic carbocycles. The lowest BCUT2D eigenvalue weighted by Crippen LogP contribution is -2.53. The quantitative estimate of drug-likeness (QED) is 0.326. The fourth-order valence-corrected chi connectivity index (χ4v) is 13.1. The van der Waals surface area contributed by atoms with Crippen LogP contribution in [0, 0.1) is 53.3 Å². The highest BCUT2D eigenvalue weighted by Crippen LogP contribution is 2.64. The van der Waals surface area contributed by atoms with Crippen molar-refractivity contribution in [3.8, 4) is 0 Å². The molecule has 244 valence electrons. The van der Waals surface area contributed by atoms with Gasteiger partial charge in [0, 0.05) is 18.3 Å². The van der Waals surface area contributed by atoms with E-state index >= 15 is 0 Å². The van der Waals surface area contributed by atoms with E-state index in [9.17, 15) is 0 Å². The summed E-state index contributed by atoms with van der Waals surface area (Å²) < 4.78 is 7.24. The van der Waals surface area contributed by atoms with Gasteiger partial charge in [-0.3, -0.25) is 0 Å². The van der Waals surface area contributed by atoms with Gasteiger partial charge in [0.25, 0.3) is 0 Å². The Labute approximate surface area is 283 Å². The summed E-state index contributed by atoms with van der Waals surface area (Å²) in [5, 5.41) is 0. The number of fused-ring (bicyclic) bond motifs is 6. The minimum Gasteiger partial charge on any atom is -0.494 e. The van der Waals surface area contributed by atoms with Gasteiger partial charge >= 0.3 is 0 Å². The Morgan fingerprint density at radius 2 is 1.51 bits per heavy atom. The Morgan fingerprint density at radius 3 is 2.36 bits per heavy atom. The van der Waals surface area contributed by atoms with Crippen LogP contribution in [0.2, 0.25) is 0 Å². The third-order valence-electron chi connectivity index (χ3n) is 14.9. The normalized spacial score (nSPS) is 41.6. The number of hydrogen-bond acceptors (Lipinski definition) is 1. The Morgan fingerprint density at radius 1 is 0.702 bits per heavy atom. The highest BCUT2D eigenvalue weighted by atomic mass is 16.5. The maximum Gasteiger partial charge on any atom is 0.108 e. The number of benzene rings is 1. The second kappa shape index (κ2) is 12.0. The van der Waals surface area contributed by atoms with Crippen molar-refractivity contribution in [1.82, 2.24) is 0 Å². The first-order valence-electron chi connectivity index (χ1n) is 19.9. The Bertz CT molecular complexity index is 1600. The molecule has 47 heavy (non-hydrogen) atoms. The lowest BCUT2D eigenvalue weighted by atomic mass is 9.46. The van der Waals surface area contributed by atoms with Crippen LogP contribution in [0.5, 0.6) is 0 Å². The van der Waals surface area contributed by atoms with E-state index in [4.69, 9.17) is 4.74 Å². The molecule has 1 heteroatoms. The molecule has 0 aromatic heterocycles. The Kier molecular flexibility index (Phi) is 7.42. The molecule has 4 fully saturated rings. The van der Waals surface area contributed by atoms with Crippen LogP contribution in [0.15, 0.2) is 101 Å². The molecule has 10 rings (SSSR count). The monoisotopic (exact) mass is 622 g/mol. The molecule has 1 aromatic carbocycles. The second-order valence-electron chi connectivity index (χ2n) is 17.0. The van der Waals surface area contributed by atoms with Crippen LogP contribution in [-0.4, -0.2) is 6.10 Å². The van der Waals surface area contributed by atoms with Crippen molar-refractivity contribution in [2.45, 2.75) is 108 Å². The zero-order valence-corrected chi connectivity index (χ0v) is 28.4. The average molecular weight is 623 g/mol. The second-order valence-corrected chi connectivity index (χ2v) is 17.0. The van der Waals surface area contributed by atoms with Crippen LogP contribution < -0.4 is 0 Å². The van der Waals surface area contributed by atoms with E-state index in [2.05, 4.69) is 78.9 Å². The summed E-state index contributed by atoms with van der Waals surface area (Å²) in [5.74, 6) is 9.04. The molecule has 1 heterocycles. The smallest absolute Gasteiger partial charge is 0.108 e. The maximum absolute atomic E-state index is 7.24. The first-order valence-corrected chi connectivity index (χ1v) is 19.9. The molecule has 0 amide bonds. The van der Waals surface area contributed by atoms with E-state index in [-0.39, 0.29) is 0 Å². The van der Waals surface area contributed by atoms with Crippen LogP contribution in [0.25, 0.3) is 5.57 Å². The van der Waals surface area contributed by atoms with Crippen LogP contribution in [-0.2, 0) is 4.74 Å². The van der Waals surface area contributed by atoms with Gasteiger partial charge in [-0.1, -0.05) is 111 Å². The van der Waals surface area contributed by atoms with Gasteiger partial charge in [0.1, 0.15) is 11.9 Å². The number of allylic oxidation sites excluding steroid dienone is 13. The van der Waals surface area contributed by atoms with Crippen molar-refractivity contribution >= 4 is 5.57 Å². The third-order valence-corrected chi connectivity index (χ3v) is 14.9. The maximum atomic E-state index is 7.24. The number of ether oxygens (including phenoxy) is 1. The molecule has 0 N–H and O–H groups in total. The summed E-state index contributed by atoms with van der Waals surface area (Å²) in [7, 11) is 0. The highest BCUT2D eigenvalue weighted by Gasteiger charge is 2.57. The minimum absolute atomic E-state index is 0.428. The predicted molar refractivity (Wildman–Crippen MR) is 193 cm³/mol. The van der Waals surface area contributed by atoms with Crippen molar-refractivity contribution in [2.24, 2.45) is 53.3 Å². The van der Waals surface area contributed by atoms with Gasteiger partial charge in [-0.2, -0.15) is 0 Å². The van der Waals surface area contributed by atoms with E-state index in [0.717, 1.165) is 53.8 Å². The molecule has 9 atom stereocenters. The molecular weight excluding hydrogens is 569 g/mol. The molecule has 0 bridgehead atoms. The van der Waals surface area contributed by atoms with Crippen LogP contribution >= 0.6 is 0 Å². The van der Waals surface area contributed by atoms with Gasteiger partial charge in [-0.05, 0) is 139 Å². The molecule has 1 nitrogen and oxygen atoms in total. The van der Waals surface area contributed by atoms with Crippen LogP contribution in [0.1, 0.15) is 113 Å². The van der Waals surface area contributed by atoms with Gasteiger partial charge in [-0.15, -0.1) is 0 Å². The summed E-state index contributed by atoms with van der Waals surface area (Å²) in [6, 6.07) is 10.0. The fraction of sp³-hybridized carbons (Fsp3) is 0.565. The van der Waals surface area contributed by atoms with Gasteiger partial charge in [0.2, 0.25) is 0 Å². The Hall–Kier alpha value is -2.80. The lowest BCUT2D eigenvalue weighted by molar-refractivity contribution is -0.103. The van der Waals surface area contributed by atoms with Crippen molar-refractivity contribution < 1.29 is 4.74 Å². The highest BCUT2D eigenvalue weighted by molar-refractivity contribution is 5.77. The Balaban J connectivity index is 0.978. The number of rotatable bonds is 3. The van der Waals surface area contributed by atoms with E-state index in [1.165, 1.54) is 112 Å². The zero-order valence-electron chi connectivity index (χ0n) is 28.4. The van der Waals surface area contributed by atoms with Gasteiger partial charge < -0.3 is 4.74 Å². The third kappa shape index (κ3) is 4.91. The van der Waals surface area contributed by atoms with Crippen LogP contribution in [0.4, 0.5) is 0 Å².